The number of aliphatic imine (C=N–C) groups is 1. The lowest BCUT2D eigenvalue weighted by molar-refractivity contribution is 0.230. The number of allylic oxidation sites excluding steroid dienone is 1. The number of nitrogens with one attached hydrogen (secondary N) is 1. The predicted molar refractivity (Wildman–Crippen MR) is 107 cm³/mol. The number of nitrogens with zero attached hydrogens (tertiary/aromatic N) is 2. The van der Waals surface area contributed by atoms with Crippen LogP contribution in [0, 0.1) is 0 Å². The zero-order chi connectivity index (χ0) is 17.3. The molecule has 0 unspecified atom stereocenters. The highest BCUT2D eigenvalue weighted by molar-refractivity contribution is 7.97. The first kappa shape index (κ1) is 18.3. The van der Waals surface area contributed by atoms with Gasteiger partial charge in [-0.15, -0.1) is 0 Å². The van der Waals surface area contributed by atoms with Gasteiger partial charge in [0, 0.05) is 25.3 Å². The lowest BCUT2D eigenvalue weighted by Gasteiger charge is -2.28. The fourth-order valence-electron chi connectivity index (χ4n) is 3.26. The van der Waals surface area contributed by atoms with Gasteiger partial charge in [0.1, 0.15) is 5.82 Å². The second-order valence-corrected chi connectivity index (χ2v) is 7.59. The van der Waals surface area contributed by atoms with E-state index in [1.165, 1.54) is 30.5 Å². The molecule has 2 aliphatic heterocycles. The van der Waals surface area contributed by atoms with Gasteiger partial charge in [0.15, 0.2) is 5.90 Å². The van der Waals surface area contributed by atoms with Crippen LogP contribution in [-0.2, 0) is 17.7 Å². The molecule has 0 saturated heterocycles. The number of rotatable bonds is 8. The van der Waals surface area contributed by atoms with Gasteiger partial charge in [-0.2, -0.15) is 4.99 Å². The number of fused-ring (bicyclic) bond motifs is 1. The molecule has 0 radical (unpaired) electrons. The van der Waals surface area contributed by atoms with Crippen LogP contribution in [0.3, 0.4) is 0 Å². The van der Waals surface area contributed by atoms with Crippen LogP contribution in [0.4, 0.5) is 0 Å². The van der Waals surface area contributed by atoms with E-state index in [1.807, 2.05) is 0 Å². The maximum Gasteiger partial charge on any atom is 0.190 e. The van der Waals surface area contributed by atoms with Crippen LogP contribution in [0.25, 0.3) is 0 Å². The molecule has 136 valence electrons. The summed E-state index contributed by atoms with van der Waals surface area (Å²) in [6, 6.07) is 8.83. The summed E-state index contributed by atoms with van der Waals surface area (Å²) in [4.78, 5) is 7.11. The van der Waals surface area contributed by atoms with Gasteiger partial charge in [0.2, 0.25) is 0 Å². The topological polar surface area (TPSA) is 36.9 Å². The van der Waals surface area contributed by atoms with E-state index in [9.17, 15) is 0 Å². The average molecular weight is 360 g/mol. The lowest BCUT2D eigenvalue weighted by atomic mass is 10.00. The van der Waals surface area contributed by atoms with E-state index in [2.05, 4.69) is 51.9 Å². The monoisotopic (exact) mass is 359 g/mol. The van der Waals surface area contributed by atoms with E-state index < -0.39 is 0 Å². The number of unbranched alkanes of at least 4 members (excludes halogenated alkanes) is 1. The van der Waals surface area contributed by atoms with Crippen molar-refractivity contribution in [2.24, 2.45) is 4.99 Å². The molecule has 1 aromatic carbocycles. The number of ether oxygens (including phenoxy) is 1. The third-order valence-electron chi connectivity index (χ3n) is 4.61. The maximum atomic E-state index is 5.88. The van der Waals surface area contributed by atoms with Gasteiger partial charge >= 0.3 is 0 Å². The molecule has 0 bridgehead atoms. The Kier molecular flexibility index (Phi) is 7.24. The summed E-state index contributed by atoms with van der Waals surface area (Å²) in [5, 5.41) is 0. The first-order valence-electron chi connectivity index (χ1n) is 9.42. The molecule has 0 aromatic heterocycles. The van der Waals surface area contributed by atoms with Gasteiger partial charge in [0.05, 0.1) is 6.61 Å². The van der Waals surface area contributed by atoms with Crippen LogP contribution in [-0.4, -0.2) is 36.2 Å². The van der Waals surface area contributed by atoms with Crippen molar-refractivity contribution >= 4 is 17.8 Å². The van der Waals surface area contributed by atoms with Gasteiger partial charge in [-0.25, -0.2) is 0 Å². The molecule has 0 saturated carbocycles. The third-order valence-corrected chi connectivity index (χ3v) is 5.25. The Morgan fingerprint density at radius 3 is 2.96 bits per heavy atom. The summed E-state index contributed by atoms with van der Waals surface area (Å²) in [7, 11) is 0. The highest BCUT2D eigenvalue weighted by Crippen LogP contribution is 2.18. The zero-order valence-electron chi connectivity index (χ0n) is 15.2. The molecule has 0 spiro atoms. The highest BCUT2D eigenvalue weighted by atomic mass is 32.2. The Labute approximate surface area is 155 Å². The number of benzene rings is 1. The molecule has 0 fully saturated rings. The summed E-state index contributed by atoms with van der Waals surface area (Å²) in [6.45, 7) is 6.34. The van der Waals surface area contributed by atoms with E-state index in [0.29, 0.717) is 0 Å². The average Bonchev–Trinajstić information content (AvgIpc) is 2.66. The molecule has 3 rings (SSSR count). The normalized spacial score (nSPS) is 17.5. The van der Waals surface area contributed by atoms with Crippen molar-refractivity contribution in [2.45, 2.75) is 45.6 Å². The molecule has 0 atom stereocenters. The zero-order valence-corrected chi connectivity index (χ0v) is 16.0. The Morgan fingerprint density at radius 1 is 1.20 bits per heavy atom. The van der Waals surface area contributed by atoms with Crippen LogP contribution < -0.4 is 4.72 Å². The standard InChI is InChI=1S/C20H29N3OS/c1-2-25-22-19-10-7-11-20(21-19)24-15-6-5-13-23-14-12-17-8-3-4-9-18(17)16-23/h3-4,8-10,22H,2,5-7,11-16H2,1H3. The first-order chi connectivity index (χ1) is 12.3. The third kappa shape index (κ3) is 5.79. The van der Waals surface area contributed by atoms with Crippen molar-refractivity contribution in [1.82, 2.24) is 9.62 Å². The molecule has 1 N–H and O–H groups in total. The molecular formula is C20H29N3OS. The van der Waals surface area contributed by atoms with Crippen LogP contribution in [0.2, 0.25) is 0 Å². The highest BCUT2D eigenvalue weighted by Gasteiger charge is 2.15. The molecule has 4 nitrogen and oxygen atoms in total. The first-order valence-corrected chi connectivity index (χ1v) is 10.4. The van der Waals surface area contributed by atoms with Crippen molar-refractivity contribution in [3.63, 3.8) is 0 Å². The van der Waals surface area contributed by atoms with Crippen molar-refractivity contribution < 1.29 is 4.74 Å². The minimum Gasteiger partial charge on any atom is -0.481 e. The van der Waals surface area contributed by atoms with Gasteiger partial charge in [-0.1, -0.05) is 43.1 Å². The minimum absolute atomic E-state index is 0.775. The molecule has 0 amide bonds. The van der Waals surface area contributed by atoms with Gasteiger partial charge in [-0.05, 0) is 49.4 Å². The summed E-state index contributed by atoms with van der Waals surface area (Å²) >= 11 is 1.67. The van der Waals surface area contributed by atoms with E-state index in [0.717, 1.165) is 56.4 Å². The maximum absolute atomic E-state index is 5.88. The SMILES string of the molecule is CCSNC1=CCCC(OCCCCN2CCc3ccccc3C2)=N1. The van der Waals surface area contributed by atoms with E-state index >= 15 is 0 Å². The molecule has 25 heavy (non-hydrogen) atoms. The van der Waals surface area contributed by atoms with Gasteiger partial charge in [-0.3, -0.25) is 4.90 Å². The Hall–Kier alpha value is -1.46. The molecule has 0 aliphatic carbocycles. The van der Waals surface area contributed by atoms with Crippen molar-refractivity contribution in [2.75, 3.05) is 25.4 Å². The second-order valence-electron chi connectivity index (χ2n) is 6.52. The van der Waals surface area contributed by atoms with Crippen molar-refractivity contribution in [1.29, 1.82) is 0 Å². The quantitative estimate of drug-likeness (QED) is 0.559. The summed E-state index contributed by atoms with van der Waals surface area (Å²) in [5.74, 6) is 2.86. The van der Waals surface area contributed by atoms with E-state index in [1.54, 1.807) is 11.9 Å². The predicted octanol–water partition coefficient (Wildman–Crippen LogP) is 4.13. The van der Waals surface area contributed by atoms with Crippen LogP contribution in [0.1, 0.15) is 43.7 Å². The van der Waals surface area contributed by atoms with Crippen LogP contribution in [0.15, 0.2) is 41.2 Å². The fourth-order valence-corrected chi connectivity index (χ4v) is 3.68. The van der Waals surface area contributed by atoms with Gasteiger partial charge in [0.25, 0.3) is 0 Å². The summed E-state index contributed by atoms with van der Waals surface area (Å²) in [5.41, 5.74) is 3.02. The fraction of sp³-hybridized carbons (Fsp3) is 0.550. The van der Waals surface area contributed by atoms with Gasteiger partial charge < -0.3 is 9.46 Å². The lowest BCUT2D eigenvalue weighted by Crippen LogP contribution is -2.31. The largest absolute Gasteiger partial charge is 0.481 e. The van der Waals surface area contributed by atoms with Crippen molar-refractivity contribution in [3.8, 4) is 0 Å². The molecule has 2 aliphatic rings. The van der Waals surface area contributed by atoms with Crippen LogP contribution >= 0.6 is 11.9 Å². The Morgan fingerprint density at radius 2 is 2.08 bits per heavy atom. The molecule has 2 heterocycles. The minimum atomic E-state index is 0.775. The number of hydrogen-bond acceptors (Lipinski definition) is 5. The molecule has 5 heteroatoms. The summed E-state index contributed by atoms with van der Waals surface area (Å²) < 4.78 is 9.14. The van der Waals surface area contributed by atoms with Crippen molar-refractivity contribution in [3.05, 3.63) is 47.3 Å². The smallest absolute Gasteiger partial charge is 0.190 e. The molecular weight excluding hydrogens is 330 g/mol. The van der Waals surface area contributed by atoms with E-state index in [4.69, 9.17) is 4.74 Å². The molecule has 1 aromatic rings. The van der Waals surface area contributed by atoms with Crippen LogP contribution in [0.5, 0.6) is 0 Å². The number of hydrogen-bond donors (Lipinski definition) is 1. The Balaban J connectivity index is 1.32. The second kappa shape index (κ2) is 9.88. The van der Waals surface area contributed by atoms with E-state index in [-0.39, 0.29) is 0 Å². The summed E-state index contributed by atoms with van der Waals surface area (Å²) in [6.07, 6.45) is 7.53. The Bertz CT molecular complexity index is 615.